The predicted octanol–water partition coefficient (Wildman–Crippen LogP) is 3.96. The van der Waals surface area contributed by atoms with E-state index in [1.54, 1.807) is 19.1 Å². The number of ether oxygens (including phenoxy) is 2. The van der Waals surface area contributed by atoms with Crippen molar-refractivity contribution in [2.24, 2.45) is 0 Å². The Morgan fingerprint density at radius 2 is 1.75 bits per heavy atom. The summed E-state index contributed by atoms with van der Waals surface area (Å²) < 4.78 is 34.4. The summed E-state index contributed by atoms with van der Waals surface area (Å²) in [7, 11) is 1.32. The van der Waals surface area contributed by atoms with Crippen LogP contribution in [0.1, 0.15) is 18.1 Å². The van der Waals surface area contributed by atoms with E-state index in [4.69, 9.17) is 4.74 Å². The lowest BCUT2D eigenvalue weighted by Crippen LogP contribution is -2.33. The van der Waals surface area contributed by atoms with Crippen LogP contribution in [0.15, 0.2) is 42.5 Å². The molecule has 1 saturated heterocycles. The molecule has 0 N–H and O–H groups in total. The zero-order valence-electron chi connectivity index (χ0n) is 15.7. The topological polar surface area (TPSA) is 59.1 Å². The van der Waals surface area contributed by atoms with E-state index in [9.17, 15) is 18.4 Å². The number of amides is 3. The third kappa shape index (κ3) is 3.76. The van der Waals surface area contributed by atoms with Gasteiger partial charge in [0, 0.05) is 5.69 Å². The van der Waals surface area contributed by atoms with Crippen molar-refractivity contribution in [1.82, 2.24) is 4.90 Å². The maximum atomic E-state index is 12.9. The van der Waals surface area contributed by atoms with Gasteiger partial charge in [0.1, 0.15) is 6.04 Å². The fraction of sp³-hybridized carbons (Fsp3) is 0.300. The maximum Gasteiger partial charge on any atom is 0.387 e. The third-order valence-electron chi connectivity index (χ3n) is 4.54. The van der Waals surface area contributed by atoms with Gasteiger partial charge in [-0.15, -0.1) is 0 Å². The Morgan fingerprint density at radius 1 is 1.07 bits per heavy atom. The van der Waals surface area contributed by atoms with Gasteiger partial charge in [-0.05, 0) is 43.7 Å². The molecule has 6 nitrogen and oxygen atoms in total. The highest BCUT2D eigenvalue weighted by Crippen LogP contribution is 2.32. The minimum absolute atomic E-state index is 0.00428. The van der Waals surface area contributed by atoms with Crippen LogP contribution in [-0.4, -0.2) is 36.6 Å². The number of nitrogens with zero attached hydrogens (tertiary/aromatic N) is 2. The molecular weight excluding hydrogens is 370 g/mol. The molecule has 1 heterocycles. The van der Waals surface area contributed by atoms with Crippen molar-refractivity contribution in [3.63, 3.8) is 0 Å². The van der Waals surface area contributed by atoms with Gasteiger partial charge in [-0.3, -0.25) is 14.6 Å². The van der Waals surface area contributed by atoms with Gasteiger partial charge in [0.2, 0.25) is 0 Å². The van der Waals surface area contributed by atoms with E-state index < -0.39 is 18.7 Å². The highest BCUT2D eigenvalue weighted by Gasteiger charge is 2.43. The van der Waals surface area contributed by atoms with Crippen LogP contribution >= 0.6 is 0 Å². The zero-order valence-corrected chi connectivity index (χ0v) is 15.7. The Hall–Kier alpha value is -3.16. The number of carbonyl (C=O) groups excluding carboxylic acids is 2. The zero-order chi connectivity index (χ0) is 20.4. The average Bonchev–Trinajstić information content (AvgIpc) is 2.87. The van der Waals surface area contributed by atoms with E-state index in [0.29, 0.717) is 11.3 Å². The molecule has 1 aliphatic heterocycles. The Kier molecular flexibility index (Phi) is 5.48. The Balaban J connectivity index is 1.83. The second-order valence-corrected chi connectivity index (χ2v) is 6.45. The smallest absolute Gasteiger partial charge is 0.387 e. The van der Waals surface area contributed by atoms with Crippen LogP contribution in [-0.2, 0) is 11.3 Å². The summed E-state index contributed by atoms with van der Waals surface area (Å²) in [4.78, 5) is 28.1. The lowest BCUT2D eigenvalue weighted by atomic mass is 10.2. The molecule has 1 atom stereocenters. The number of methoxy groups -OCH3 is 1. The Morgan fingerprint density at radius 3 is 2.36 bits per heavy atom. The van der Waals surface area contributed by atoms with Crippen LogP contribution in [0.25, 0.3) is 0 Å². The van der Waals surface area contributed by atoms with Crippen molar-refractivity contribution in [1.29, 1.82) is 0 Å². The molecule has 0 aliphatic carbocycles. The van der Waals surface area contributed by atoms with E-state index >= 15 is 0 Å². The SMILES string of the molecule is COc1cc(CN2C(=O)C(C)N(c3ccc(C)cc3)C2=O)ccc1OC(F)F. The lowest BCUT2D eigenvalue weighted by Gasteiger charge is -2.20. The van der Waals surface area contributed by atoms with Crippen LogP contribution < -0.4 is 14.4 Å². The molecule has 0 saturated carbocycles. The summed E-state index contributed by atoms with van der Waals surface area (Å²) >= 11 is 0. The van der Waals surface area contributed by atoms with Crippen LogP contribution in [0.4, 0.5) is 19.3 Å². The largest absolute Gasteiger partial charge is 0.493 e. The minimum Gasteiger partial charge on any atom is -0.493 e. The van der Waals surface area contributed by atoms with Crippen LogP contribution in [0.3, 0.4) is 0 Å². The monoisotopic (exact) mass is 390 g/mol. The highest BCUT2D eigenvalue weighted by molar-refractivity contribution is 6.13. The number of carbonyl (C=O) groups is 2. The quantitative estimate of drug-likeness (QED) is 0.701. The molecule has 0 spiro atoms. The van der Waals surface area contributed by atoms with Gasteiger partial charge >= 0.3 is 12.6 Å². The molecule has 1 fully saturated rings. The first-order chi connectivity index (χ1) is 13.3. The second-order valence-electron chi connectivity index (χ2n) is 6.45. The number of aryl methyl sites for hydroxylation is 1. The molecule has 28 heavy (non-hydrogen) atoms. The number of rotatable bonds is 6. The molecule has 0 bridgehead atoms. The molecule has 8 heteroatoms. The van der Waals surface area contributed by atoms with E-state index in [1.807, 2.05) is 19.1 Å². The number of halogens is 2. The van der Waals surface area contributed by atoms with Crippen molar-refractivity contribution >= 4 is 17.6 Å². The summed E-state index contributed by atoms with van der Waals surface area (Å²) in [5.41, 5.74) is 2.24. The third-order valence-corrected chi connectivity index (χ3v) is 4.54. The van der Waals surface area contributed by atoms with Crippen LogP contribution in [0.5, 0.6) is 11.5 Å². The molecule has 0 radical (unpaired) electrons. The maximum absolute atomic E-state index is 12.9. The summed E-state index contributed by atoms with van der Waals surface area (Å²) in [6.07, 6.45) is 0. The number of benzene rings is 2. The molecule has 148 valence electrons. The first kappa shape index (κ1) is 19.6. The van der Waals surface area contributed by atoms with E-state index in [1.165, 1.54) is 30.2 Å². The normalized spacial score (nSPS) is 16.9. The Bertz CT molecular complexity index is 886. The number of hydrogen-bond donors (Lipinski definition) is 0. The van der Waals surface area contributed by atoms with Crippen LogP contribution in [0, 0.1) is 6.92 Å². The number of urea groups is 1. The van der Waals surface area contributed by atoms with Crippen molar-refractivity contribution in [2.45, 2.75) is 33.0 Å². The molecule has 1 unspecified atom stereocenters. The number of hydrogen-bond acceptors (Lipinski definition) is 4. The minimum atomic E-state index is -2.98. The van der Waals surface area contributed by atoms with Gasteiger partial charge in [0.25, 0.3) is 5.91 Å². The molecule has 3 amide bonds. The number of anilines is 1. The summed E-state index contributed by atoms with van der Waals surface area (Å²) in [5, 5.41) is 0. The van der Waals surface area contributed by atoms with Crippen molar-refractivity contribution in [2.75, 3.05) is 12.0 Å². The molecule has 1 aliphatic rings. The molecule has 0 aromatic heterocycles. The highest BCUT2D eigenvalue weighted by atomic mass is 19.3. The molecule has 2 aromatic carbocycles. The average molecular weight is 390 g/mol. The molecular formula is C20H20F2N2O4. The predicted molar refractivity (Wildman–Crippen MR) is 98.7 cm³/mol. The summed E-state index contributed by atoms with van der Waals surface area (Å²) in [6.45, 7) is 0.617. The number of alkyl halides is 2. The van der Waals surface area contributed by atoms with E-state index in [2.05, 4.69) is 4.74 Å². The Labute approximate surface area is 161 Å². The van der Waals surface area contributed by atoms with Crippen molar-refractivity contribution < 1.29 is 27.8 Å². The van der Waals surface area contributed by atoms with Crippen LogP contribution in [0.2, 0.25) is 0 Å². The van der Waals surface area contributed by atoms with E-state index in [0.717, 1.165) is 10.5 Å². The second kappa shape index (κ2) is 7.84. The molecule has 2 aromatic rings. The first-order valence-electron chi connectivity index (χ1n) is 8.64. The van der Waals surface area contributed by atoms with Gasteiger partial charge in [-0.2, -0.15) is 8.78 Å². The summed E-state index contributed by atoms with van der Waals surface area (Å²) in [5.74, 6) is -0.354. The number of imide groups is 1. The molecule has 3 rings (SSSR count). The van der Waals surface area contributed by atoms with Gasteiger partial charge in [0.05, 0.1) is 13.7 Å². The summed E-state index contributed by atoms with van der Waals surface area (Å²) in [6, 6.07) is 10.6. The lowest BCUT2D eigenvalue weighted by molar-refractivity contribution is -0.127. The first-order valence-corrected chi connectivity index (χ1v) is 8.64. The fourth-order valence-corrected chi connectivity index (χ4v) is 3.10. The van der Waals surface area contributed by atoms with Gasteiger partial charge in [-0.1, -0.05) is 23.8 Å². The van der Waals surface area contributed by atoms with Gasteiger partial charge in [-0.25, -0.2) is 4.79 Å². The van der Waals surface area contributed by atoms with Crippen molar-refractivity contribution in [3.05, 3.63) is 53.6 Å². The van der Waals surface area contributed by atoms with E-state index in [-0.39, 0.29) is 24.0 Å². The fourth-order valence-electron chi connectivity index (χ4n) is 3.10. The standard InChI is InChI=1S/C20H20F2N2O4/c1-12-4-7-15(8-5-12)24-13(2)18(25)23(20(24)26)11-14-6-9-16(28-19(21)22)17(10-14)27-3/h4-10,13,19H,11H2,1-3H3. The van der Waals surface area contributed by atoms with Crippen molar-refractivity contribution in [3.8, 4) is 11.5 Å². The van der Waals surface area contributed by atoms with Gasteiger partial charge in [0.15, 0.2) is 11.5 Å². The van der Waals surface area contributed by atoms with Gasteiger partial charge < -0.3 is 9.47 Å².